The zero-order valence-corrected chi connectivity index (χ0v) is 12.0. The molecule has 2 heterocycles. The lowest BCUT2D eigenvalue weighted by atomic mass is 10.1. The number of hydrogen-bond acceptors (Lipinski definition) is 4. The third kappa shape index (κ3) is 4.82. The van der Waals surface area contributed by atoms with Crippen molar-refractivity contribution in [3.05, 3.63) is 29.6 Å². The molecule has 0 saturated carbocycles. The molecule has 0 radical (unpaired) electrons. The number of nitrogens with one attached hydrogen (secondary N) is 1. The highest BCUT2D eigenvalue weighted by molar-refractivity contribution is 5.87. The average Bonchev–Trinajstić information content (AvgIpc) is 2.52. The number of nitrogens with zero attached hydrogens (tertiary/aromatic N) is 2. The molecule has 1 saturated heterocycles. The number of aromatic nitrogens is 1. The van der Waals surface area contributed by atoms with Gasteiger partial charge in [0.25, 0.3) is 0 Å². The van der Waals surface area contributed by atoms with Crippen LogP contribution in [0.25, 0.3) is 0 Å². The van der Waals surface area contributed by atoms with Crippen LogP contribution in [0.15, 0.2) is 18.3 Å². The molecule has 0 spiro atoms. The lowest BCUT2D eigenvalue weighted by molar-refractivity contribution is -0.131. The minimum Gasteiger partial charge on any atom is -0.478 e. The Morgan fingerprint density at radius 1 is 1.24 bits per heavy atom. The third-order valence-corrected chi connectivity index (χ3v) is 3.60. The number of aromatic carboxylic acids is 1. The third-order valence-electron chi connectivity index (χ3n) is 3.60. The molecule has 0 bridgehead atoms. The Bertz CT molecular complexity index is 481. The molecule has 2 N–H and O–H groups in total. The molecule has 6 heteroatoms. The van der Waals surface area contributed by atoms with E-state index in [1.807, 2.05) is 4.90 Å². The number of amides is 1. The zero-order chi connectivity index (χ0) is 15.1. The summed E-state index contributed by atoms with van der Waals surface area (Å²) in [6.45, 7) is 2.92. The molecule has 1 amide bonds. The molecule has 114 valence electrons. The predicted octanol–water partition coefficient (Wildman–Crippen LogP) is 1.27. The molecule has 1 fully saturated rings. The van der Waals surface area contributed by atoms with Crippen LogP contribution in [0.4, 0.5) is 0 Å². The van der Waals surface area contributed by atoms with Gasteiger partial charge in [0, 0.05) is 38.8 Å². The monoisotopic (exact) mass is 291 g/mol. The fourth-order valence-corrected chi connectivity index (χ4v) is 2.37. The van der Waals surface area contributed by atoms with Gasteiger partial charge < -0.3 is 15.3 Å². The van der Waals surface area contributed by atoms with Crippen molar-refractivity contribution >= 4 is 11.9 Å². The van der Waals surface area contributed by atoms with Crippen molar-refractivity contribution < 1.29 is 14.7 Å². The van der Waals surface area contributed by atoms with Gasteiger partial charge in [-0.2, -0.15) is 0 Å². The Kier molecular flexibility index (Phi) is 5.68. The second kappa shape index (κ2) is 7.73. The molecule has 1 aromatic heterocycles. The van der Waals surface area contributed by atoms with Crippen molar-refractivity contribution in [3.63, 3.8) is 0 Å². The van der Waals surface area contributed by atoms with E-state index >= 15 is 0 Å². The largest absolute Gasteiger partial charge is 0.478 e. The standard InChI is InChI=1S/C15H21N3O3/c19-14(18-8-2-1-3-9-18)6-7-16-11-13-5-4-12(10-17-13)15(20)21/h4-5,10,16H,1-3,6-9,11H2,(H,20,21). The van der Waals surface area contributed by atoms with Gasteiger partial charge in [-0.25, -0.2) is 4.79 Å². The van der Waals surface area contributed by atoms with Crippen molar-refractivity contribution in [1.29, 1.82) is 0 Å². The number of pyridine rings is 1. The summed E-state index contributed by atoms with van der Waals surface area (Å²) in [5.41, 5.74) is 0.949. The van der Waals surface area contributed by atoms with Crippen molar-refractivity contribution in [1.82, 2.24) is 15.2 Å². The first-order chi connectivity index (χ1) is 10.2. The second-order valence-electron chi connectivity index (χ2n) is 5.21. The molecule has 21 heavy (non-hydrogen) atoms. The SMILES string of the molecule is O=C(O)c1ccc(CNCCC(=O)N2CCCCC2)nc1. The topological polar surface area (TPSA) is 82.5 Å². The number of carboxylic acids is 1. The fourth-order valence-electron chi connectivity index (χ4n) is 2.37. The first-order valence-electron chi connectivity index (χ1n) is 7.33. The lowest BCUT2D eigenvalue weighted by Crippen LogP contribution is -2.37. The molecule has 0 aromatic carbocycles. The Balaban J connectivity index is 1.67. The summed E-state index contributed by atoms with van der Waals surface area (Å²) in [7, 11) is 0. The summed E-state index contributed by atoms with van der Waals surface area (Å²) >= 11 is 0. The first-order valence-corrected chi connectivity index (χ1v) is 7.33. The van der Waals surface area contributed by atoms with Crippen LogP contribution in [0.2, 0.25) is 0 Å². The van der Waals surface area contributed by atoms with Gasteiger partial charge in [-0.1, -0.05) is 0 Å². The van der Waals surface area contributed by atoms with Gasteiger partial charge in [-0.3, -0.25) is 9.78 Å². The van der Waals surface area contributed by atoms with E-state index in [4.69, 9.17) is 5.11 Å². The summed E-state index contributed by atoms with van der Waals surface area (Å²) in [5, 5.41) is 11.9. The predicted molar refractivity (Wildman–Crippen MR) is 78.0 cm³/mol. The molecule has 1 aliphatic rings. The number of rotatable bonds is 6. The van der Waals surface area contributed by atoms with Gasteiger partial charge in [0.05, 0.1) is 11.3 Å². The van der Waals surface area contributed by atoms with E-state index in [1.54, 1.807) is 6.07 Å². The minimum atomic E-state index is -0.978. The molecular formula is C15H21N3O3. The first kappa shape index (κ1) is 15.4. The minimum absolute atomic E-state index is 0.180. The number of piperidine rings is 1. The van der Waals surface area contributed by atoms with Crippen LogP contribution in [0.1, 0.15) is 41.7 Å². The Labute approximate surface area is 124 Å². The van der Waals surface area contributed by atoms with E-state index in [1.165, 1.54) is 18.7 Å². The number of likely N-dealkylation sites (tertiary alicyclic amines) is 1. The molecule has 0 aliphatic carbocycles. The quantitative estimate of drug-likeness (QED) is 0.771. The van der Waals surface area contributed by atoms with Gasteiger partial charge in [0.1, 0.15) is 0 Å². The fraction of sp³-hybridized carbons (Fsp3) is 0.533. The van der Waals surface area contributed by atoms with Gasteiger partial charge in [0.2, 0.25) is 5.91 Å². The number of carboxylic acid groups (broad SMARTS) is 1. The summed E-state index contributed by atoms with van der Waals surface area (Å²) in [6, 6.07) is 3.22. The van der Waals surface area contributed by atoms with E-state index in [0.29, 0.717) is 19.5 Å². The maximum absolute atomic E-state index is 11.9. The molecule has 1 aromatic rings. The van der Waals surface area contributed by atoms with Crippen LogP contribution in [0.3, 0.4) is 0 Å². The van der Waals surface area contributed by atoms with Crippen LogP contribution in [0, 0.1) is 0 Å². The maximum Gasteiger partial charge on any atom is 0.337 e. The summed E-state index contributed by atoms with van der Waals surface area (Å²) < 4.78 is 0. The van der Waals surface area contributed by atoms with Gasteiger partial charge in [0.15, 0.2) is 0 Å². The van der Waals surface area contributed by atoms with E-state index in [2.05, 4.69) is 10.3 Å². The van der Waals surface area contributed by atoms with Crippen molar-refractivity contribution in [3.8, 4) is 0 Å². The van der Waals surface area contributed by atoms with Crippen LogP contribution < -0.4 is 5.32 Å². The van der Waals surface area contributed by atoms with E-state index in [0.717, 1.165) is 31.6 Å². The molecule has 0 unspecified atom stereocenters. The van der Waals surface area contributed by atoms with Crippen LogP contribution in [0.5, 0.6) is 0 Å². The van der Waals surface area contributed by atoms with Crippen molar-refractivity contribution in [2.45, 2.75) is 32.2 Å². The molecule has 0 atom stereocenters. The van der Waals surface area contributed by atoms with Crippen LogP contribution >= 0.6 is 0 Å². The van der Waals surface area contributed by atoms with E-state index < -0.39 is 5.97 Å². The summed E-state index contributed by atoms with van der Waals surface area (Å²) in [5.74, 6) is -0.773. The zero-order valence-electron chi connectivity index (χ0n) is 12.0. The number of carbonyl (C=O) groups excluding carboxylic acids is 1. The highest BCUT2D eigenvalue weighted by Gasteiger charge is 2.15. The normalized spacial score (nSPS) is 15.0. The molecule has 6 nitrogen and oxygen atoms in total. The van der Waals surface area contributed by atoms with Gasteiger partial charge >= 0.3 is 5.97 Å². The van der Waals surface area contributed by atoms with Crippen molar-refractivity contribution in [2.24, 2.45) is 0 Å². The number of carbonyl (C=O) groups is 2. The smallest absolute Gasteiger partial charge is 0.337 e. The highest BCUT2D eigenvalue weighted by atomic mass is 16.4. The lowest BCUT2D eigenvalue weighted by Gasteiger charge is -2.26. The Morgan fingerprint density at radius 3 is 2.62 bits per heavy atom. The number of hydrogen-bond donors (Lipinski definition) is 2. The highest BCUT2D eigenvalue weighted by Crippen LogP contribution is 2.09. The summed E-state index contributed by atoms with van der Waals surface area (Å²) in [6.07, 6.45) is 5.28. The second-order valence-corrected chi connectivity index (χ2v) is 5.21. The Morgan fingerprint density at radius 2 is 2.00 bits per heavy atom. The van der Waals surface area contributed by atoms with Crippen molar-refractivity contribution in [2.75, 3.05) is 19.6 Å². The van der Waals surface area contributed by atoms with Crippen LogP contribution in [-0.4, -0.2) is 46.5 Å². The molecule has 2 rings (SSSR count). The van der Waals surface area contributed by atoms with E-state index in [9.17, 15) is 9.59 Å². The van der Waals surface area contributed by atoms with Gasteiger partial charge in [-0.15, -0.1) is 0 Å². The Hall–Kier alpha value is -1.95. The maximum atomic E-state index is 11.9. The van der Waals surface area contributed by atoms with Crippen LogP contribution in [-0.2, 0) is 11.3 Å². The molecule has 1 aliphatic heterocycles. The van der Waals surface area contributed by atoms with E-state index in [-0.39, 0.29) is 11.5 Å². The molecular weight excluding hydrogens is 270 g/mol. The van der Waals surface area contributed by atoms with Gasteiger partial charge in [-0.05, 0) is 31.4 Å². The summed E-state index contributed by atoms with van der Waals surface area (Å²) in [4.78, 5) is 28.6. The average molecular weight is 291 g/mol.